The van der Waals surface area contributed by atoms with Gasteiger partial charge in [-0.3, -0.25) is 14.5 Å². The van der Waals surface area contributed by atoms with Crippen molar-refractivity contribution in [2.24, 2.45) is 11.7 Å². The molecule has 0 aliphatic carbocycles. The van der Waals surface area contributed by atoms with Crippen LogP contribution in [0.1, 0.15) is 26.2 Å². The summed E-state index contributed by atoms with van der Waals surface area (Å²) < 4.78 is 6.51. The summed E-state index contributed by atoms with van der Waals surface area (Å²) in [7, 11) is 0. The predicted octanol–water partition coefficient (Wildman–Crippen LogP) is 2.00. The van der Waals surface area contributed by atoms with Gasteiger partial charge in [0.1, 0.15) is 5.75 Å². The lowest BCUT2D eigenvalue weighted by Gasteiger charge is -2.31. The maximum atomic E-state index is 12.8. The Morgan fingerprint density at radius 2 is 2.15 bits per heavy atom. The Bertz CT molecular complexity index is 860. The monoisotopic (exact) mass is 388 g/mol. The first kappa shape index (κ1) is 18.2. The highest BCUT2D eigenvalue weighted by molar-refractivity contribution is 7.22. The van der Waals surface area contributed by atoms with Gasteiger partial charge in [-0.05, 0) is 38.0 Å². The maximum absolute atomic E-state index is 12.8. The molecule has 2 aliphatic rings. The second-order valence-electron chi connectivity index (χ2n) is 7.13. The van der Waals surface area contributed by atoms with Gasteiger partial charge in [0.15, 0.2) is 5.13 Å². The van der Waals surface area contributed by atoms with Gasteiger partial charge in [-0.2, -0.15) is 0 Å². The molecule has 2 saturated heterocycles. The first-order chi connectivity index (χ1) is 13.0. The van der Waals surface area contributed by atoms with Crippen LogP contribution >= 0.6 is 11.3 Å². The Kier molecular flexibility index (Phi) is 5.01. The fourth-order valence-electron chi connectivity index (χ4n) is 3.70. The standard InChI is InChI=1S/C19H24N4O3S/c1-2-26-14-3-4-15-16(10-14)27-19(21-15)23-11-12(9-17(23)24)18(25)22-7-5-13(20)6-8-22/h3-4,10,12-13H,2,5-9,11,20H2,1H3. The lowest BCUT2D eigenvalue weighted by atomic mass is 10.0. The molecule has 1 atom stereocenters. The normalized spacial score (nSPS) is 21.3. The Balaban J connectivity index is 1.49. The number of carbonyl (C=O) groups excluding carboxylic acids is 2. The zero-order chi connectivity index (χ0) is 19.0. The van der Waals surface area contributed by atoms with Crippen molar-refractivity contribution in [2.45, 2.75) is 32.2 Å². The van der Waals surface area contributed by atoms with Crippen molar-refractivity contribution in [1.82, 2.24) is 9.88 Å². The van der Waals surface area contributed by atoms with Gasteiger partial charge in [0.05, 0.1) is 22.7 Å². The van der Waals surface area contributed by atoms with E-state index in [1.807, 2.05) is 30.0 Å². The number of nitrogens with zero attached hydrogens (tertiary/aromatic N) is 3. The molecule has 1 aromatic heterocycles. The van der Waals surface area contributed by atoms with E-state index in [1.165, 1.54) is 11.3 Å². The second kappa shape index (κ2) is 7.44. The Morgan fingerprint density at radius 3 is 2.89 bits per heavy atom. The number of aromatic nitrogens is 1. The molecule has 7 nitrogen and oxygen atoms in total. The molecular formula is C19H24N4O3S. The van der Waals surface area contributed by atoms with Crippen LogP contribution in [-0.4, -0.2) is 54.0 Å². The summed E-state index contributed by atoms with van der Waals surface area (Å²) in [6, 6.07) is 5.91. The van der Waals surface area contributed by atoms with Crippen molar-refractivity contribution in [3.63, 3.8) is 0 Å². The van der Waals surface area contributed by atoms with E-state index in [1.54, 1.807) is 4.90 Å². The van der Waals surface area contributed by atoms with E-state index in [4.69, 9.17) is 10.5 Å². The number of benzene rings is 1. The molecule has 4 rings (SSSR count). The SMILES string of the molecule is CCOc1ccc2nc(N3CC(C(=O)N4CCC(N)CC4)CC3=O)sc2c1. The summed E-state index contributed by atoms with van der Waals surface area (Å²) in [5.41, 5.74) is 6.76. The number of amides is 2. The van der Waals surface area contributed by atoms with Gasteiger partial charge in [-0.1, -0.05) is 11.3 Å². The molecule has 0 radical (unpaired) electrons. The largest absolute Gasteiger partial charge is 0.494 e. The van der Waals surface area contributed by atoms with Crippen molar-refractivity contribution >= 4 is 38.5 Å². The molecule has 0 bridgehead atoms. The maximum Gasteiger partial charge on any atom is 0.229 e. The smallest absolute Gasteiger partial charge is 0.229 e. The third-order valence-corrected chi connectivity index (χ3v) is 6.26. The summed E-state index contributed by atoms with van der Waals surface area (Å²) >= 11 is 1.46. The van der Waals surface area contributed by atoms with Crippen molar-refractivity contribution in [3.8, 4) is 5.75 Å². The molecule has 3 heterocycles. The minimum Gasteiger partial charge on any atom is -0.494 e. The van der Waals surface area contributed by atoms with Gasteiger partial charge >= 0.3 is 0 Å². The highest BCUT2D eigenvalue weighted by Crippen LogP contribution is 2.35. The van der Waals surface area contributed by atoms with E-state index in [9.17, 15) is 9.59 Å². The van der Waals surface area contributed by atoms with Crippen LogP contribution < -0.4 is 15.4 Å². The highest BCUT2D eigenvalue weighted by atomic mass is 32.1. The number of likely N-dealkylation sites (tertiary alicyclic amines) is 1. The van der Waals surface area contributed by atoms with E-state index in [0.717, 1.165) is 28.8 Å². The summed E-state index contributed by atoms with van der Waals surface area (Å²) in [5.74, 6) is 0.533. The highest BCUT2D eigenvalue weighted by Gasteiger charge is 2.39. The average molecular weight is 388 g/mol. The van der Waals surface area contributed by atoms with Crippen LogP contribution in [0.2, 0.25) is 0 Å². The van der Waals surface area contributed by atoms with Crippen molar-refractivity contribution in [2.75, 3.05) is 31.1 Å². The molecule has 2 amide bonds. The molecule has 8 heteroatoms. The third kappa shape index (κ3) is 3.64. The number of fused-ring (bicyclic) bond motifs is 1. The average Bonchev–Trinajstić information content (AvgIpc) is 3.25. The molecular weight excluding hydrogens is 364 g/mol. The molecule has 2 aliphatic heterocycles. The van der Waals surface area contributed by atoms with Gasteiger partial charge in [-0.25, -0.2) is 4.98 Å². The molecule has 2 N–H and O–H groups in total. The molecule has 1 unspecified atom stereocenters. The van der Waals surface area contributed by atoms with E-state index in [2.05, 4.69) is 4.98 Å². The predicted molar refractivity (Wildman–Crippen MR) is 105 cm³/mol. The molecule has 27 heavy (non-hydrogen) atoms. The number of nitrogens with two attached hydrogens (primary N) is 1. The number of thiazole rings is 1. The first-order valence-electron chi connectivity index (χ1n) is 9.43. The number of rotatable bonds is 4. The van der Waals surface area contributed by atoms with Gasteiger partial charge in [-0.15, -0.1) is 0 Å². The number of anilines is 1. The minimum atomic E-state index is -0.294. The molecule has 0 spiro atoms. The van der Waals surface area contributed by atoms with Crippen LogP contribution in [0.5, 0.6) is 5.75 Å². The van der Waals surface area contributed by atoms with E-state index >= 15 is 0 Å². The van der Waals surface area contributed by atoms with Crippen LogP contribution in [0.4, 0.5) is 5.13 Å². The van der Waals surface area contributed by atoms with Crippen molar-refractivity contribution in [3.05, 3.63) is 18.2 Å². The fourth-order valence-corrected chi connectivity index (χ4v) is 4.72. The van der Waals surface area contributed by atoms with Crippen LogP contribution in [-0.2, 0) is 9.59 Å². The Hall–Kier alpha value is -2.19. The molecule has 144 valence electrons. The van der Waals surface area contributed by atoms with Crippen LogP contribution in [0.15, 0.2) is 18.2 Å². The van der Waals surface area contributed by atoms with Gasteiger partial charge in [0, 0.05) is 32.1 Å². The van der Waals surface area contributed by atoms with Crippen molar-refractivity contribution in [1.29, 1.82) is 0 Å². The fraction of sp³-hybridized carbons (Fsp3) is 0.526. The second-order valence-corrected chi connectivity index (χ2v) is 8.14. The van der Waals surface area contributed by atoms with E-state index < -0.39 is 0 Å². The van der Waals surface area contributed by atoms with E-state index in [-0.39, 0.29) is 30.2 Å². The number of hydrogen-bond acceptors (Lipinski definition) is 6. The number of ether oxygens (including phenoxy) is 1. The third-order valence-electron chi connectivity index (χ3n) is 5.22. The summed E-state index contributed by atoms with van der Waals surface area (Å²) in [5, 5.41) is 0.652. The quantitative estimate of drug-likeness (QED) is 0.865. The van der Waals surface area contributed by atoms with Crippen LogP contribution in [0.25, 0.3) is 10.2 Å². The number of piperidine rings is 1. The van der Waals surface area contributed by atoms with E-state index in [0.29, 0.717) is 31.4 Å². The Labute approximate surface area is 162 Å². The molecule has 2 aromatic rings. The molecule has 0 saturated carbocycles. The van der Waals surface area contributed by atoms with Gasteiger partial charge in [0.2, 0.25) is 11.8 Å². The first-order valence-corrected chi connectivity index (χ1v) is 10.2. The summed E-state index contributed by atoms with van der Waals surface area (Å²) in [6.45, 7) is 4.32. The molecule has 1 aromatic carbocycles. The topological polar surface area (TPSA) is 88.8 Å². The van der Waals surface area contributed by atoms with Crippen LogP contribution in [0.3, 0.4) is 0 Å². The van der Waals surface area contributed by atoms with Crippen LogP contribution in [0, 0.1) is 5.92 Å². The lowest BCUT2D eigenvalue weighted by molar-refractivity contribution is -0.136. The number of hydrogen-bond donors (Lipinski definition) is 1. The minimum absolute atomic E-state index is 0.0360. The zero-order valence-electron chi connectivity index (χ0n) is 15.4. The van der Waals surface area contributed by atoms with Gasteiger partial charge < -0.3 is 15.4 Å². The lowest BCUT2D eigenvalue weighted by Crippen LogP contribution is -2.45. The zero-order valence-corrected chi connectivity index (χ0v) is 16.2. The molecule has 2 fully saturated rings. The Morgan fingerprint density at radius 1 is 1.37 bits per heavy atom. The number of carbonyl (C=O) groups is 2. The van der Waals surface area contributed by atoms with Crippen molar-refractivity contribution < 1.29 is 14.3 Å². The van der Waals surface area contributed by atoms with Gasteiger partial charge in [0.25, 0.3) is 0 Å². The summed E-state index contributed by atoms with van der Waals surface area (Å²) in [6.07, 6.45) is 1.91. The summed E-state index contributed by atoms with van der Waals surface area (Å²) in [4.78, 5) is 33.4.